The first-order valence-corrected chi connectivity index (χ1v) is 5.68. The van der Waals surface area contributed by atoms with Crippen molar-refractivity contribution in [1.29, 1.82) is 0 Å². The summed E-state index contributed by atoms with van der Waals surface area (Å²) in [7, 11) is 0. The number of rotatable bonds is 1. The van der Waals surface area contributed by atoms with Crippen LogP contribution in [0.2, 0.25) is 0 Å². The van der Waals surface area contributed by atoms with E-state index in [-0.39, 0.29) is 24.5 Å². The summed E-state index contributed by atoms with van der Waals surface area (Å²) in [5, 5.41) is 0. The summed E-state index contributed by atoms with van der Waals surface area (Å²) in [5.41, 5.74) is 3.02. The average molecular weight is 258 g/mol. The van der Waals surface area contributed by atoms with Gasteiger partial charge in [-0.3, -0.25) is 0 Å². The fraction of sp³-hybridized carbons (Fsp3) is 0.467. The van der Waals surface area contributed by atoms with Gasteiger partial charge in [0.2, 0.25) is 0 Å². The molecular weight excluding hydrogens is 236 g/mol. The van der Waals surface area contributed by atoms with Crippen molar-refractivity contribution in [1.82, 2.24) is 0 Å². The minimum atomic E-state index is 0. The van der Waals surface area contributed by atoms with Crippen LogP contribution in [0.1, 0.15) is 43.2 Å². The summed E-state index contributed by atoms with van der Waals surface area (Å²) in [6, 6.07) is 8.84. The second-order valence-electron chi connectivity index (χ2n) is 4.49. The molecule has 0 nitrogen and oxygen atoms in total. The third kappa shape index (κ3) is 3.37. The molecule has 16 heavy (non-hydrogen) atoms. The molecule has 0 heterocycles. The van der Waals surface area contributed by atoms with Gasteiger partial charge in [-0.1, -0.05) is 44.0 Å². The quantitative estimate of drug-likeness (QED) is 0.512. The first kappa shape index (κ1) is 15.7. The zero-order valence-corrected chi connectivity index (χ0v) is 11.6. The van der Waals surface area contributed by atoms with Crippen molar-refractivity contribution in [2.75, 3.05) is 0 Å². The normalized spacial score (nSPS) is 24.1. The maximum absolute atomic E-state index is 2.49. The molecule has 1 aliphatic rings. The maximum atomic E-state index is 2.49. The molecule has 1 heteroatoms. The molecule has 1 aliphatic carbocycles. The van der Waals surface area contributed by atoms with E-state index in [4.69, 9.17) is 0 Å². The van der Waals surface area contributed by atoms with Gasteiger partial charge >= 0.3 is 17.1 Å². The Bertz CT molecular complexity index is 306. The minimum Gasteiger partial charge on any atom is -0.358 e. The molecule has 0 aromatic heterocycles. The van der Waals surface area contributed by atoms with E-state index in [1.807, 2.05) is 0 Å². The van der Waals surface area contributed by atoms with Gasteiger partial charge in [0.1, 0.15) is 0 Å². The van der Waals surface area contributed by atoms with Crippen molar-refractivity contribution in [2.24, 2.45) is 5.92 Å². The van der Waals surface area contributed by atoms with Gasteiger partial charge < -0.3 is 13.8 Å². The number of aryl methyl sites for hydroxylation is 1. The van der Waals surface area contributed by atoms with Crippen LogP contribution in [0.4, 0.5) is 0 Å². The first-order chi connectivity index (χ1) is 6.79. The number of benzene rings is 1. The SMILES string of the molecule is Cc1ccccc1C1CCC[CH-]C1C.[CH3-].[Fe+2]. The number of hydrogen-bond acceptors (Lipinski definition) is 0. The van der Waals surface area contributed by atoms with Gasteiger partial charge in [0.05, 0.1) is 0 Å². The predicted octanol–water partition coefficient (Wildman–Crippen LogP) is 4.55. The minimum absolute atomic E-state index is 0. The molecule has 2 atom stereocenters. The topological polar surface area (TPSA) is 0 Å². The van der Waals surface area contributed by atoms with Crippen LogP contribution in [0.15, 0.2) is 24.3 Å². The molecule has 1 aromatic rings. The largest absolute Gasteiger partial charge is 2.00 e. The van der Waals surface area contributed by atoms with E-state index in [0.717, 1.165) is 11.8 Å². The molecule has 2 unspecified atom stereocenters. The Kier molecular flexibility index (Phi) is 7.02. The Labute approximate surface area is 111 Å². The molecule has 0 spiro atoms. The van der Waals surface area contributed by atoms with Gasteiger partial charge in [0.15, 0.2) is 0 Å². The molecule has 1 aromatic carbocycles. The van der Waals surface area contributed by atoms with Gasteiger partial charge in [-0.2, -0.15) is 12.3 Å². The van der Waals surface area contributed by atoms with Crippen molar-refractivity contribution in [3.05, 3.63) is 49.2 Å². The first-order valence-electron chi connectivity index (χ1n) is 5.68. The van der Waals surface area contributed by atoms with E-state index >= 15 is 0 Å². The van der Waals surface area contributed by atoms with Crippen LogP contribution < -0.4 is 0 Å². The van der Waals surface area contributed by atoms with Crippen LogP contribution in [0.3, 0.4) is 0 Å². The fourth-order valence-corrected chi connectivity index (χ4v) is 2.59. The van der Waals surface area contributed by atoms with Crippen molar-refractivity contribution < 1.29 is 17.1 Å². The zero-order valence-electron chi connectivity index (χ0n) is 10.5. The van der Waals surface area contributed by atoms with E-state index in [0.29, 0.717) is 0 Å². The van der Waals surface area contributed by atoms with Crippen LogP contribution in [0.5, 0.6) is 0 Å². The molecule has 2 rings (SSSR count). The smallest absolute Gasteiger partial charge is 0.358 e. The summed E-state index contributed by atoms with van der Waals surface area (Å²) in [4.78, 5) is 0. The Balaban J connectivity index is 0.00000112. The van der Waals surface area contributed by atoms with E-state index < -0.39 is 0 Å². The molecule has 1 fully saturated rings. The van der Waals surface area contributed by atoms with Gasteiger partial charge in [-0.15, -0.1) is 0 Å². The third-order valence-electron chi connectivity index (χ3n) is 3.48. The molecule has 90 valence electrons. The van der Waals surface area contributed by atoms with Crippen molar-refractivity contribution >= 4 is 0 Å². The zero-order chi connectivity index (χ0) is 9.97. The van der Waals surface area contributed by atoms with E-state index in [1.165, 1.54) is 24.8 Å². The maximum Gasteiger partial charge on any atom is 2.00 e. The molecule has 0 bridgehead atoms. The standard InChI is InChI=1S/C14H19.CH3.Fe/c1-11-7-3-5-9-13(11)14-10-6-4-8-12(14)2;;/h3,5,7-9,12,14H,4,6,10H2,1-2H3;1H3;/q2*-1;+2. The number of hydrogen-bond donors (Lipinski definition) is 0. The van der Waals surface area contributed by atoms with Crippen molar-refractivity contribution in [3.63, 3.8) is 0 Å². The Morgan fingerprint density at radius 2 is 1.94 bits per heavy atom. The Hall–Kier alpha value is -0.261. The average Bonchev–Trinajstić information content (AvgIpc) is 2.20. The monoisotopic (exact) mass is 258 g/mol. The summed E-state index contributed by atoms with van der Waals surface area (Å²) in [6.07, 6.45) is 6.52. The van der Waals surface area contributed by atoms with E-state index in [1.54, 1.807) is 5.56 Å². The summed E-state index contributed by atoms with van der Waals surface area (Å²) < 4.78 is 0. The van der Waals surface area contributed by atoms with E-state index in [9.17, 15) is 0 Å². The molecular formula is C15H22Fe. The fourth-order valence-electron chi connectivity index (χ4n) is 2.59. The third-order valence-corrected chi connectivity index (χ3v) is 3.48. The second-order valence-corrected chi connectivity index (χ2v) is 4.49. The van der Waals surface area contributed by atoms with Gasteiger partial charge in [0, 0.05) is 0 Å². The van der Waals surface area contributed by atoms with E-state index in [2.05, 4.69) is 44.5 Å². The second kappa shape index (κ2) is 7.14. The Morgan fingerprint density at radius 1 is 1.25 bits per heavy atom. The molecule has 0 radical (unpaired) electrons. The summed E-state index contributed by atoms with van der Waals surface area (Å²) >= 11 is 0. The summed E-state index contributed by atoms with van der Waals surface area (Å²) in [6.45, 7) is 4.59. The predicted molar refractivity (Wildman–Crippen MR) is 67.6 cm³/mol. The van der Waals surface area contributed by atoms with Crippen LogP contribution in [0, 0.1) is 26.7 Å². The van der Waals surface area contributed by atoms with Gasteiger partial charge in [0.25, 0.3) is 0 Å². The molecule has 0 amide bonds. The molecule has 1 saturated carbocycles. The van der Waals surface area contributed by atoms with Crippen LogP contribution in [-0.4, -0.2) is 0 Å². The molecule has 0 saturated heterocycles. The van der Waals surface area contributed by atoms with Crippen LogP contribution >= 0.6 is 0 Å². The van der Waals surface area contributed by atoms with Gasteiger partial charge in [-0.05, 0) is 24.0 Å². The molecule has 0 aliphatic heterocycles. The summed E-state index contributed by atoms with van der Waals surface area (Å²) in [5.74, 6) is 1.52. The van der Waals surface area contributed by atoms with Crippen molar-refractivity contribution in [2.45, 2.75) is 39.0 Å². The molecule has 0 N–H and O–H groups in total. The van der Waals surface area contributed by atoms with Crippen molar-refractivity contribution in [3.8, 4) is 0 Å². The van der Waals surface area contributed by atoms with Crippen LogP contribution in [0.25, 0.3) is 0 Å². The van der Waals surface area contributed by atoms with Crippen LogP contribution in [-0.2, 0) is 17.1 Å². The Morgan fingerprint density at radius 3 is 2.56 bits per heavy atom. The van der Waals surface area contributed by atoms with Gasteiger partial charge in [-0.25, -0.2) is 0 Å².